The van der Waals surface area contributed by atoms with E-state index in [1.165, 1.54) is 6.42 Å². The molecule has 6 heteroatoms. The van der Waals surface area contributed by atoms with E-state index in [-0.39, 0.29) is 0 Å². The highest BCUT2D eigenvalue weighted by molar-refractivity contribution is 7.80. The molecule has 1 aromatic carbocycles. The fourth-order valence-corrected chi connectivity index (χ4v) is 3.88. The summed E-state index contributed by atoms with van der Waals surface area (Å²) in [7, 11) is 0. The zero-order chi connectivity index (χ0) is 18.5. The van der Waals surface area contributed by atoms with Crippen molar-refractivity contribution in [3.8, 4) is 0 Å². The first-order chi connectivity index (χ1) is 12.5. The smallest absolute Gasteiger partial charge is 0.171 e. The highest BCUT2D eigenvalue weighted by Gasteiger charge is 2.22. The van der Waals surface area contributed by atoms with Crippen LogP contribution in [0.1, 0.15) is 25.8 Å². The van der Waals surface area contributed by atoms with Gasteiger partial charge in [0.2, 0.25) is 0 Å². The second kappa shape index (κ2) is 8.69. The molecule has 26 heavy (non-hydrogen) atoms. The Kier molecular flexibility index (Phi) is 6.33. The quantitative estimate of drug-likeness (QED) is 0.742. The first-order valence-corrected chi connectivity index (χ1v) is 9.79. The number of nitrogens with one attached hydrogen (secondary N) is 2. The molecule has 138 valence electrons. The van der Waals surface area contributed by atoms with Crippen LogP contribution >= 0.6 is 23.8 Å². The SMILES string of the molecule is CC1CC(C)CN(c2ccc(NC(=S)NCc3ccccc3Cl)cn2)C1. The molecule has 1 aliphatic heterocycles. The van der Waals surface area contributed by atoms with E-state index in [4.69, 9.17) is 23.8 Å². The topological polar surface area (TPSA) is 40.2 Å². The van der Waals surface area contributed by atoms with E-state index < -0.39 is 0 Å². The van der Waals surface area contributed by atoms with Crippen molar-refractivity contribution in [2.24, 2.45) is 11.8 Å². The van der Waals surface area contributed by atoms with Gasteiger partial charge >= 0.3 is 0 Å². The maximum atomic E-state index is 6.16. The van der Waals surface area contributed by atoms with Gasteiger partial charge in [0.05, 0.1) is 11.9 Å². The second-order valence-electron chi connectivity index (χ2n) is 7.16. The average molecular weight is 389 g/mol. The number of hydrogen-bond donors (Lipinski definition) is 2. The van der Waals surface area contributed by atoms with Crippen molar-refractivity contribution in [2.75, 3.05) is 23.3 Å². The maximum Gasteiger partial charge on any atom is 0.171 e. The molecule has 0 spiro atoms. The van der Waals surface area contributed by atoms with Crippen LogP contribution in [0.4, 0.5) is 11.5 Å². The Bertz CT molecular complexity index is 740. The molecule has 0 amide bonds. The zero-order valence-corrected chi connectivity index (χ0v) is 16.8. The highest BCUT2D eigenvalue weighted by Crippen LogP contribution is 2.25. The molecular weight excluding hydrogens is 364 g/mol. The third-order valence-electron chi connectivity index (χ3n) is 4.60. The number of hydrogen-bond acceptors (Lipinski definition) is 3. The third-order valence-corrected chi connectivity index (χ3v) is 5.21. The molecule has 4 nitrogen and oxygen atoms in total. The first kappa shape index (κ1) is 18.9. The van der Waals surface area contributed by atoms with Crippen LogP contribution in [-0.2, 0) is 6.54 Å². The van der Waals surface area contributed by atoms with E-state index in [1.807, 2.05) is 36.5 Å². The van der Waals surface area contributed by atoms with Crippen LogP contribution in [0.5, 0.6) is 0 Å². The van der Waals surface area contributed by atoms with E-state index in [9.17, 15) is 0 Å². The molecule has 1 saturated heterocycles. The van der Waals surface area contributed by atoms with E-state index in [1.54, 1.807) is 0 Å². The minimum atomic E-state index is 0.555. The van der Waals surface area contributed by atoms with Gasteiger partial charge in [-0.3, -0.25) is 0 Å². The molecule has 1 aromatic heterocycles. The third kappa shape index (κ3) is 5.08. The zero-order valence-electron chi connectivity index (χ0n) is 15.2. The van der Waals surface area contributed by atoms with Crippen LogP contribution in [-0.4, -0.2) is 23.2 Å². The van der Waals surface area contributed by atoms with Gasteiger partial charge in [-0.1, -0.05) is 43.6 Å². The van der Waals surface area contributed by atoms with Gasteiger partial charge in [0.15, 0.2) is 5.11 Å². The summed E-state index contributed by atoms with van der Waals surface area (Å²) in [5.41, 5.74) is 1.89. The van der Waals surface area contributed by atoms with Crippen LogP contribution in [0, 0.1) is 11.8 Å². The lowest BCUT2D eigenvalue weighted by molar-refractivity contribution is 0.355. The Hall–Kier alpha value is -1.85. The Morgan fingerprint density at radius 3 is 2.58 bits per heavy atom. The molecule has 2 N–H and O–H groups in total. The number of anilines is 2. The molecular formula is C20H25ClN4S. The summed E-state index contributed by atoms with van der Waals surface area (Å²) in [5.74, 6) is 2.45. The van der Waals surface area contributed by atoms with Crippen molar-refractivity contribution in [1.29, 1.82) is 0 Å². The van der Waals surface area contributed by atoms with Gasteiger partial charge in [-0.05, 0) is 54.2 Å². The van der Waals surface area contributed by atoms with Crippen LogP contribution in [0.3, 0.4) is 0 Å². The second-order valence-corrected chi connectivity index (χ2v) is 7.97. The molecule has 2 aromatic rings. The minimum Gasteiger partial charge on any atom is -0.358 e. The normalized spacial score (nSPS) is 19.9. The molecule has 0 radical (unpaired) electrons. The van der Waals surface area contributed by atoms with Crippen molar-refractivity contribution < 1.29 is 0 Å². The van der Waals surface area contributed by atoms with E-state index in [0.717, 1.165) is 35.2 Å². The summed E-state index contributed by atoms with van der Waals surface area (Å²) in [6.07, 6.45) is 3.13. The predicted molar refractivity (Wildman–Crippen MR) is 114 cm³/mol. The Balaban J connectivity index is 1.54. The molecule has 2 atom stereocenters. The standard InChI is InChI=1S/C20H25ClN4S/c1-14-9-15(2)13-25(12-14)19-8-7-17(11-22-19)24-20(26)23-10-16-5-3-4-6-18(16)21/h3-8,11,14-15H,9-10,12-13H2,1-2H3,(H2,23,24,26). The molecule has 3 rings (SSSR count). The average Bonchev–Trinajstić information content (AvgIpc) is 2.61. The number of thiocarbonyl (C=S) groups is 1. The van der Waals surface area contributed by atoms with Gasteiger partial charge in [0.1, 0.15) is 5.82 Å². The van der Waals surface area contributed by atoms with E-state index in [0.29, 0.717) is 23.5 Å². The van der Waals surface area contributed by atoms with Crippen molar-refractivity contribution in [3.63, 3.8) is 0 Å². The number of benzene rings is 1. The lowest BCUT2D eigenvalue weighted by Crippen LogP contribution is -2.39. The Morgan fingerprint density at radius 1 is 1.19 bits per heavy atom. The van der Waals surface area contributed by atoms with Gasteiger partial charge in [0.25, 0.3) is 0 Å². The van der Waals surface area contributed by atoms with Gasteiger partial charge in [-0.15, -0.1) is 0 Å². The number of halogens is 1. The lowest BCUT2D eigenvalue weighted by Gasteiger charge is -2.35. The van der Waals surface area contributed by atoms with Crippen LogP contribution in [0.15, 0.2) is 42.6 Å². The van der Waals surface area contributed by atoms with Crippen molar-refractivity contribution in [2.45, 2.75) is 26.8 Å². The van der Waals surface area contributed by atoms with Crippen LogP contribution < -0.4 is 15.5 Å². The lowest BCUT2D eigenvalue weighted by atomic mass is 9.92. The molecule has 0 aliphatic carbocycles. The van der Waals surface area contributed by atoms with Gasteiger partial charge in [-0.2, -0.15) is 0 Å². The summed E-state index contributed by atoms with van der Waals surface area (Å²) in [5, 5.41) is 7.64. The molecule has 0 bridgehead atoms. The number of nitrogens with zero attached hydrogens (tertiary/aromatic N) is 2. The predicted octanol–water partition coefficient (Wildman–Crippen LogP) is 4.70. The molecule has 1 aliphatic rings. The maximum absolute atomic E-state index is 6.16. The first-order valence-electron chi connectivity index (χ1n) is 9.00. The summed E-state index contributed by atoms with van der Waals surface area (Å²) < 4.78 is 0. The fourth-order valence-electron chi connectivity index (χ4n) is 3.49. The minimum absolute atomic E-state index is 0.555. The summed E-state index contributed by atoms with van der Waals surface area (Å²) >= 11 is 11.5. The summed E-state index contributed by atoms with van der Waals surface area (Å²) in [6.45, 7) is 7.34. The fraction of sp³-hybridized carbons (Fsp3) is 0.400. The van der Waals surface area contributed by atoms with E-state index in [2.05, 4.69) is 40.4 Å². The summed E-state index contributed by atoms with van der Waals surface area (Å²) in [6, 6.07) is 11.8. The highest BCUT2D eigenvalue weighted by atomic mass is 35.5. The van der Waals surface area contributed by atoms with Gasteiger partial charge in [0, 0.05) is 24.7 Å². The number of rotatable bonds is 4. The van der Waals surface area contributed by atoms with E-state index >= 15 is 0 Å². The molecule has 1 fully saturated rings. The largest absolute Gasteiger partial charge is 0.358 e. The van der Waals surface area contributed by atoms with Crippen molar-refractivity contribution in [1.82, 2.24) is 10.3 Å². The van der Waals surface area contributed by atoms with Crippen molar-refractivity contribution >= 4 is 40.4 Å². The molecule has 2 unspecified atom stereocenters. The van der Waals surface area contributed by atoms with Gasteiger partial charge in [-0.25, -0.2) is 4.98 Å². The molecule has 2 heterocycles. The monoisotopic (exact) mass is 388 g/mol. The van der Waals surface area contributed by atoms with Gasteiger partial charge < -0.3 is 15.5 Å². The van der Waals surface area contributed by atoms with Crippen molar-refractivity contribution in [3.05, 3.63) is 53.2 Å². The number of piperidine rings is 1. The van der Waals surface area contributed by atoms with Crippen LogP contribution in [0.2, 0.25) is 5.02 Å². The van der Waals surface area contributed by atoms with Crippen LogP contribution in [0.25, 0.3) is 0 Å². The number of aromatic nitrogens is 1. The summed E-state index contributed by atoms with van der Waals surface area (Å²) in [4.78, 5) is 6.98. The number of pyridine rings is 1. The Labute approximate surface area is 166 Å². The Morgan fingerprint density at radius 2 is 1.92 bits per heavy atom. The molecule has 0 saturated carbocycles.